The van der Waals surface area contributed by atoms with Gasteiger partial charge in [-0.1, -0.05) is 11.6 Å². The van der Waals surface area contributed by atoms with Crippen molar-refractivity contribution in [2.75, 3.05) is 26.2 Å². The van der Waals surface area contributed by atoms with E-state index in [9.17, 15) is 4.79 Å². The van der Waals surface area contributed by atoms with Crippen LogP contribution in [-0.4, -0.2) is 49.2 Å². The molecule has 0 radical (unpaired) electrons. The molecule has 0 aromatic carbocycles. The van der Waals surface area contributed by atoms with Crippen molar-refractivity contribution in [1.82, 2.24) is 10.2 Å². The first-order valence-electron chi connectivity index (χ1n) is 7.95. The SMILES string of the molecule is CC1CN(CC(=O)NCCC2=CCCCC2)C(C)CO1. The van der Waals surface area contributed by atoms with Gasteiger partial charge in [0.1, 0.15) is 0 Å². The number of carbonyl (C=O) groups is 1. The predicted octanol–water partition coefficient (Wildman–Crippen LogP) is 2.10. The molecule has 0 aromatic heterocycles. The van der Waals surface area contributed by atoms with Gasteiger partial charge in [-0.05, 0) is 46.0 Å². The maximum atomic E-state index is 12.0. The van der Waals surface area contributed by atoms with Gasteiger partial charge in [0, 0.05) is 19.1 Å². The number of morpholine rings is 1. The van der Waals surface area contributed by atoms with Gasteiger partial charge in [0.25, 0.3) is 0 Å². The molecule has 2 rings (SSSR count). The largest absolute Gasteiger partial charge is 0.376 e. The molecule has 0 saturated carbocycles. The lowest BCUT2D eigenvalue weighted by Crippen LogP contribution is -2.51. The summed E-state index contributed by atoms with van der Waals surface area (Å²) in [6, 6.07) is 0.331. The fraction of sp³-hybridized carbons (Fsp3) is 0.812. The number of nitrogens with one attached hydrogen (secondary N) is 1. The van der Waals surface area contributed by atoms with E-state index < -0.39 is 0 Å². The number of rotatable bonds is 5. The summed E-state index contributed by atoms with van der Waals surface area (Å²) in [4.78, 5) is 14.2. The summed E-state index contributed by atoms with van der Waals surface area (Å²) in [5, 5.41) is 3.05. The Labute approximate surface area is 122 Å². The first-order valence-corrected chi connectivity index (χ1v) is 7.95. The van der Waals surface area contributed by atoms with Crippen molar-refractivity contribution in [1.29, 1.82) is 0 Å². The summed E-state index contributed by atoms with van der Waals surface area (Å²) in [6.45, 7) is 7.02. The van der Waals surface area contributed by atoms with Gasteiger partial charge < -0.3 is 10.1 Å². The third-order valence-corrected chi connectivity index (χ3v) is 4.24. The molecule has 2 aliphatic rings. The molecule has 0 bridgehead atoms. The van der Waals surface area contributed by atoms with E-state index >= 15 is 0 Å². The molecule has 20 heavy (non-hydrogen) atoms. The Kier molecular flexibility index (Phi) is 6.05. The minimum atomic E-state index is 0.141. The summed E-state index contributed by atoms with van der Waals surface area (Å²) in [5.41, 5.74) is 1.52. The molecule has 0 aromatic rings. The van der Waals surface area contributed by atoms with Gasteiger partial charge in [0.15, 0.2) is 0 Å². The van der Waals surface area contributed by atoms with E-state index in [0.29, 0.717) is 12.6 Å². The highest BCUT2D eigenvalue weighted by Gasteiger charge is 2.24. The molecule has 114 valence electrons. The Morgan fingerprint density at radius 3 is 3.05 bits per heavy atom. The molecule has 1 fully saturated rings. The quantitative estimate of drug-likeness (QED) is 0.784. The van der Waals surface area contributed by atoms with Crippen molar-refractivity contribution >= 4 is 5.91 Å². The zero-order valence-electron chi connectivity index (χ0n) is 12.9. The highest BCUT2D eigenvalue weighted by atomic mass is 16.5. The van der Waals surface area contributed by atoms with E-state index in [2.05, 4.69) is 30.1 Å². The third kappa shape index (κ3) is 4.91. The topological polar surface area (TPSA) is 41.6 Å². The van der Waals surface area contributed by atoms with Crippen LogP contribution in [0.25, 0.3) is 0 Å². The second-order valence-corrected chi connectivity index (χ2v) is 6.13. The number of carbonyl (C=O) groups excluding carboxylic acids is 1. The van der Waals surface area contributed by atoms with Crippen LogP contribution in [0.3, 0.4) is 0 Å². The monoisotopic (exact) mass is 280 g/mol. The van der Waals surface area contributed by atoms with Crippen LogP contribution in [0.4, 0.5) is 0 Å². The molecule has 1 heterocycles. The molecule has 4 nitrogen and oxygen atoms in total. The number of nitrogens with zero attached hydrogens (tertiary/aromatic N) is 1. The van der Waals surface area contributed by atoms with Crippen LogP contribution in [0.2, 0.25) is 0 Å². The highest BCUT2D eigenvalue weighted by molar-refractivity contribution is 5.78. The maximum Gasteiger partial charge on any atom is 0.234 e. The van der Waals surface area contributed by atoms with Gasteiger partial charge >= 0.3 is 0 Å². The summed E-state index contributed by atoms with van der Waals surface area (Å²) >= 11 is 0. The molecular weight excluding hydrogens is 252 g/mol. The van der Waals surface area contributed by atoms with E-state index in [-0.39, 0.29) is 12.0 Å². The number of allylic oxidation sites excluding steroid dienone is 1. The molecule has 2 atom stereocenters. The smallest absolute Gasteiger partial charge is 0.234 e. The number of amides is 1. The van der Waals surface area contributed by atoms with Crippen molar-refractivity contribution in [2.45, 2.75) is 58.1 Å². The van der Waals surface area contributed by atoms with Gasteiger partial charge in [-0.3, -0.25) is 9.69 Å². The average Bonchev–Trinajstić information content (AvgIpc) is 2.44. The van der Waals surface area contributed by atoms with Gasteiger partial charge in [-0.15, -0.1) is 0 Å². The summed E-state index contributed by atoms with van der Waals surface area (Å²) < 4.78 is 5.58. The second kappa shape index (κ2) is 7.79. The molecule has 0 spiro atoms. The first kappa shape index (κ1) is 15.5. The van der Waals surface area contributed by atoms with E-state index in [1.807, 2.05) is 0 Å². The van der Waals surface area contributed by atoms with Crippen molar-refractivity contribution in [3.8, 4) is 0 Å². The van der Waals surface area contributed by atoms with Crippen LogP contribution in [-0.2, 0) is 9.53 Å². The molecule has 2 unspecified atom stereocenters. The zero-order valence-corrected chi connectivity index (χ0v) is 12.9. The first-order chi connectivity index (χ1) is 9.65. The van der Waals surface area contributed by atoms with Crippen molar-refractivity contribution in [3.05, 3.63) is 11.6 Å². The van der Waals surface area contributed by atoms with Gasteiger partial charge in [-0.25, -0.2) is 0 Å². The van der Waals surface area contributed by atoms with E-state index in [1.54, 1.807) is 0 Å². The van der Waals surface area contributed by atoms with Gasteiger partial charge in [0.2, 0.25) is 5.91 Å². The third-order valence-electron chi connectivity index (χ3n) is 4.24. The lowest BCUT2D eigenvalue weighted by Gasteiger charge is -2.36. The van der Waals surface area contributed by atoms with E-state index in [0.717, 1.165) is 26.1 Å². The lowest BCUT2D eigenvalue weighted by atomic mass is 9.97. The molecule has 1 aliphatic carbocycles. The Morgan fingerprint density at radius 1 is 1.45 bits per heavy atom. The van der Waals surface area contributed by atoms with Gasteiger partial charge in [-0.2, -0.15) is 0 Å². The predicted molar refractivity (Wildman–Crippen MR) is 80.6 cm³/mol. The Balaban J connectivity index is 1.65. The number of hydrogen-bond donors (Lipinski definition) is 1. The highest BCUT2D eigenvalue weighted by Crippen LogP contribution is 2.19. The minimum absolute atomic E-state index is 0.141. The van der Waals surface area contributed by atoms with Crippen molar-refractivity contribution < 1.29 is 9.53 Å². The zero-order chi connectivity index (χ0) is 14.4. The normalized spacial score (nSPS) is 28.0. The molecule has 1 aliphatic heterocycles. The van der Waals surface area contributed by atoms with Crippen LogP contribution in [0.5, 0.6) is 0 Å². The molecule has 1 amide bonds. The van der Waals surface area contributed by atoms with Gasteiger partial charge in [0.05, 0.1) is 19.3 Å². The fourth-order valence-corrected chi connectivity index (χ4v) is 2.93. The lowest BCUT2D eigenvalue weighted by molar-refractivity contribution is -0.125. The summed E-state index contributed by atoms with van der Waals surface area (Å²) in [5.74, 6) is 0.141. The Morgan fingerprint density at radius 2 is 2.30 bits per heavy atom. The summed E-state index contributed by atoms with van der Waals surface area (Å²) in [7, 11) is 0. The van der Waals surface area contributed by atoms with Crippen molar-refractivity contribution in [3.63, 3.8) is 0 Å². The van der Waals surface area contributed by atoms with E-state index in [4.69, 9.17) is 4.74 Å². The molecule has 1 N–H and O–H groups in total. The summed E-state index contributed by atoms with van der Waals surface area (Å²) in [6.07, 6.45) is 8.65. The second-order valence-electron chi connectivity index (χ2n) is 6.13. The maximum absolute atomic E-state index is 12.0. The Bertz CT molecular complexity index is 354. The van der Waals surface area contributed by atoms with Crippen LogP contribution < -0.4 is 5.32 Å². The van der Waals surface area contributed by atoms with Crippen LogP contribution in [0, 0.1) is 0 Å². The molecular formula is C16H28N2O2. The Hall–Kier alpha value is -0.870. The minimum Gasteiger partial charge on any atom is -0.376 e. The number of ether oxygens (including phenoxy) is 1. The van der Waals surface area contributed by atoms with Crippen LogP contribution in [0.15, 0.2) is 11.6 Å². The molecule has 1 saturated heterocycles. The van der Waals surface area contributed by atoms with Crippen LogP contribution >= 0.6 is 0 Å². The standard InChI is InChI=1S/C16H28N2O2/c1-13-12-20-14(2)10-18(13)11-16(19)17-9-8-15-6-4-3-5-7-15/h6,13-14H,3-5,7-12H2,1-2H3,(H,17,19). The average molecular weight is 280 g/mol. The molecule has 4 heteroatoms. The van der Waals surface area contributed by atoms with E-state index in [1.165, 1.54) is 31.3 Å². The van der Waals surface area contributed by atoms with Crippen molar-refractivity contribution in [2.24, 2.45) is 0 Å². The fourth-order valence-electron chi connectivity index (χ4n) is 2.93. The van der Waals surface area contributed by atoms with Crippen LogP contribution in [0.1, 0.15) is 46.0 Å². The number of hydrogen-bond acceptors (Lipinski definition) is 3.